The molecule has 0 spiro atoms. The van der Waals surface area contributed by atoms with Crippen LogP contribution in [0.5, 0.6) is 0 Å². The van der Waals surface area contributed by atoms with Crippen LogP contribution in [0.2, 0.25) is 0 Å². The number of carbonyl (C=O) groups excluding carboxylic acids is 2. The van der Waals surface area contributed by atoms with Gasteiger partial charge in [0.05, 0.1) is 0 Å². The number of rotatable bonds is 4. The zero-order chi connectivity index (χ0) is 21.8. The molecule has 31 heavy (non-hydrogen) atoms. The monoisotopic (exact) mass is 437 g/mol. The second-order valence-electron chi connectivity index (χ2n) is 8.60. The number of likely N-dealkylation sites (tertiary alicyclic amines) is 2. The molecule has 2 aromatic rings. The number of anilines is 1. The smallest absolute Gasteiger partial charge is 0.319 e. The van der Waals surface area contributed by atoms with Crippen LogP contribution >= 0.6 is 11.8 Å². The molecule has 6 heteroatoms. The van der Waals surface area contributed by atoms with E-state index < -0.39 is 0 Å². The molecule has 2 aliphatic rings. The van der Waals surface area contributed by atoms with E-state index in [1.807, 2.05) is 34.1 Å². The van der Waals surface area contributed by atoms with Gasteiger partial charge in [0, 0.05) is 47.6 Å². The van der Waals surface area contributed by atoms with Crippen molar-refractivity contribution in [3.8, 4) is 0 Å². The predicted octanol–water partition coefficient (Wildman–Crippen LogP) is 5.32. The quantitative estimate of drug-likeness (QED) is 0.704. The minimum absolute atomic E-state index is 0.0350. The molecule has 0 unspecified atom stereocenters. The number of benzene rings is 2. The Kier molecular flexibility index (Phi) is 6.86. The first kappa shape index (κ1) is 21.8. The Morgan fingerprint density at radius 1 is 0.839 bits per heavy atom. The summed E-state index contributed by atoms with van der Waals surface area (Å²) in [5, 5.41) is 3.06. The minimum Gasteiger partial charge on any atom is -0.326 e. The number of hydrogen-bond acceptors (Lipinski definition) is 3. The molecule has 0 atom stereocenters. The van der Waals surface area contributed by atoms with Crippen LogP contribution in [0.15, 0.2) is 52.3 Å². The molecule has 2 aliphatic heterocycles. The van der Waals surface area contributed by atoms with Crippen molar-refractivity contribution >= 4 is 29.4 Å². The molecular weight excluding hydrogens is 406 g/mol. The lowest BCUT2D eigenvalue weighted by Crippen LogP contribution is -2.47. The zero-order valence-corrected chi connectivity index (χ0v) is 19.2. The van der Waals surface area contributed by atoms with E-state index in [-0.39, 0.29) is 17.9 Å². The molecule has 2 fully saturated rings. The first-order chi connectivity index (χ1) is 15.0. The van der Waals surface area contributed by atoms with Crippen LogP contribution in [0.25, 0.3) is 0 Å². The maximum Gasteiger partial charge on any atom is 0.319 e. The molecule has 3 amide bonds. The summed E-state index contributed by atoms with van der Waals surface area (Å²) in [6.07, 6.45) is 3.66. The highest BCUT2D eigenvalue weighted by Crippen LogP contribution is 2.30. The third kappa shape index (κ3) is 5.42. The van der Waals surface area contributed by atoms with E-state index in [1.165, 1.54) is 16.0 Å². The van der Waals surface area contributed by atoms with Gasteiger partial charge in [0.15, 0.2) is 0 Å². The van der Waals surface area contributed by atoms with Gasteiger partial charge in [-0.05, 0) is 87.1 Å². The molecule has 1 N–H and O–H groups in total. The van der Waals surface area contributed by atoms with E-state index in [4.69, 9.17) is 0 Å². The lowest BCUT2D eigenvalue weighted by molar-refractivity contribution is -0.121. The van der Waals surface area contributed by atoms with Crippen LogP contribution < -0.4 is 5.32 Å². The standard InChI is InChI=1S/C25H31N3O2S/c1-18-5-8-23(17-19(18)2)31-22-9-6-21(7-10-22)26-24(29)20-11-15-28(16-12-20)25(30)27-13-3-4-14-27/h5-10,17,20H,3-4,11-16H2,1-2H3,(H,26,29). The van der Waals surface area contributed by atoms with Crippen molar-refractivity contribution in [2.45, 2.75) is 49.3 Å². The van der Waals surface area contributed by atoms with Gasteiger partial charge in [0.1, 0.15) is 0 Å². The Hall–Kier alpha value is -2.47. The second kappa shape index (κ2) is 9.77. The SMILES string of the molecule is Cc1ccc(Sc2ccc(NC(=O)C3CCN(C(=O)N4CCCC4)CC3)cc2)cc1C. The lowest BCUT2D eigenvalue weighted by atomic mass is 9.96. The number of hydrogen-bond donors (Lipinski definition) is 1. The number of nitrogens with zero attached hydrogens (tertiary/aromatic N) is 2. The van der Waals surface area contributed by atoms with Gasteiger partial charge in [-0.3, -0.25) is 4.79 Å². The van der Waals surface area contributed by atoms with Crippen LogP contribution in [0, 0.1) is 19.8 Å². The van der Waals surface area contributed by atoms with E-state index in [9.17, 15) is 9.59 Å². The van der Waals surface area contributed by atoms with Gasteiger partial charge in [-0.25, -0.2) is 4.79 Å². The average molecular weight is 438 g/mol. The van der Waals surface area contributed by atoms with Gasteiger partial charge in [0.2, 0.25) is 5.91 Å². The average Bonchev–Trinajstić information content (AvgIpc) is 3.32. The topological polar surface area (TPSA) is 52.7 Å². The summed E-state index contributed by atoms with van der Waals surface area (Å²) in [6, 6.07) is 14.7. The Morgan fingerprint density at radius 2 is 1.45 bits per heavy atom. The molecule has 0 bridgehead atoms. The van der Waals surface area contributed by atoms with Crippen molar-refractivity contribution < 1.29 is 9.59 Å². The largest absolute Gasteiger partial charge is 0.326 e. The van der Waals surface area contributed by atoms with E-state index in [2.05, 4.69) is 37.4 Å². The lowest BCUT2D eigenvalue weighted by Gasteiger charge is -2.34. The Balaban J connectivity index is 1.27. The van der Waals surface area contributed by atoms with Crippen LogP contribution in [0.1, 0.15) is 36.8 Å². The summed E-state index contributed by atoms with van der Waals surface area (Å²) in [4.78, 5) is 31.4. The Labute approximate surface area is 189 Å². The van der Waals surface area contributed by atoms with Gasteiger partial charge in [-0.2, -0.15) is 0 Å². The third-order valence-corrected chi connectivity index (χ3v) is 7.35. The normalized spacial score (nSPS) is 17.1. The molecule has 0 aliphatic carbocycles. The molecule has 2 saturated heterocycles. The van der Waals surface area contributed by atoms with Crippen molar-refractivity contribution in [2.75, 3.05) is 31.5 Å². The van der Waals surface area contributed by atoms with Crippen molar-refractivity contribution in [1.82, 2.24) is 9.80 Å². The first-order valence-corrected chi connectivity index (χ1v) is 12.0. The van der Waals surface area contributed by atoms with E-state index in [0.717, 1.165) is 49.4 Å². The molecule has 2 aromatic carbocycles. The summed E-state index contributed by atoms with van der Waals surface area (Å²) in [6.45, 7) is 7.33. The van der Waals surface area contributed by atoms with Gasteiger partial charge < -0.3 is 15.1 Å². The second-order valence-corrected chi connectivity index (χ2v) is 9.75. The minimum atomic E-state index is -0.0350. The third-order valence-electron chi connectivity index (χ3n) is 6.35. The molecule has 0 radical (unpaired) electrons. The fourth-order valence-corrected chi connectivity index (χ4v) is 5.12. The van der Waals surface area contributed by atoms with Crippen molar-refractivity contribution in [3.63, 3.8) is 0 Å². The first-order valence-electron chi connectivity index (χ1n) is 11.2. The summed E-state index contributed by atoms with van der Waals surface area (Å²) in [5.74, 6) is 0.0232. The fourth-order valence-electron chi connectivity index (χ4n) is 4.21. The van der Waals surface area contributed by atoms with Crippen molar-refractivity contribution in [3.05, 3.63) is 53.6 Å². The molecule has 2 heterocycles. The number of carbonyl (C=O) groups is 2. The van der Waals surface area contributed by atoms with Gasteiger partial charge in [-0.1, -0.05) is 17.8 Å². The van der Waals surface area contributed by atoms with Crippen molar-refractivity contribution in [2.24, 2.45) is 5.92 Å². The molecule has 5 nitrogen and oxygen atoms in total. The van der Waals surface area contributed by atoms with Gasteiger partial charge in [0.25, 0.3) is 0 Å². The maximum atomic E-state index is 12.7. The van der Waals surface area contributed by atoms with Gasteiger partial charge >= 0.3 is 6.03 Å². The molecule has 0 saturated carbocycles. The fraction of sp³-hybridized carbons (Fsp3) is 0.440. The number of amides is 3. The number of piperidine rings is 1. The van der Waals surface area contributed by atoms with Crippen LogP contribution in [0.3, 0.4) is 0 Å². The number of aryl methyl sites for hydroxylation is 2. The number of nitrogens with one attached hydrogen (secondary N) is 1. The maximum absolute atomic E-state index is 12.7. The van der Waals surface area contributed by atoms with Crippen LogP contribution in [-0.2, 0) is 4.79 Å². The van der Waals surface area contributed by atoms with E-state index >= 15 is 0 Å². The summed E-state index contributed by atoms with van der Waals surface area (Å²) in [7, 11) is 0. The van der Waals surface area contributed by atoms with Crippen LogP contribution in [-0.4, -0.2) is 47.9 Å². The summed E-state index contributed by atoms with van der Waals surface area (Å²) < 4.78 is 0. The predicted molar refractivity (Wildman–Crippen MR) is 126 cm³/mol. The highest BCUT2D eigenvalue weighted by atomic mass is 32.2. The zero-order valence-electron chi connectivity index (χ0n) is 18.4. The Morgan fingerprint density at radius 3 is 2.10 bits per heavy atom. The highest BCUT2D eigenvalue weighted by Gasteiger charge is 2.30. The highest BCUT2D eigenvalue weighted by molar-refractivity contribution is 7.99. The molecular formula is C25H31N3O2S. The summed E-state index contributed by atoms with van der Waals surface area (Å²) >= 11 is 1.73. The number of urea groups is 1. The van der Waals surface area contributed by atoms with Gasteiger partial charge in [-0.15, -0.1) is 0 Å². The summed E-state index contributed by atoms with van der Waals surface area (Å²) in [5.41, 5.74) is 3.42. The van der Waals surface area contributed by atoms with Crippen LogP contribution in [0.4, 0.5) is 10.5 Å². The van der Waals surface area contributed by atoms with E-state index in [0.29, 0.717) is 13.1 Å². The van der Waals surface area contributed by atoms with E-state index in [1.54, 1.807) is 11.8 Å². The molecule has 164 valence electrons. The molecule has 4 rings (SSSR count). The molecule has 0 aromatic heterocycles. The van der Waals surface area contributed by atoms with Crippen molar-refractivity contribution in [1.29, 1.82) is 0 Å². The Bertz CT molecular complexity index is 930.